The van der Waals surface area contributed by atoms with Crippen LogP contribution in [-0.4, -0.2) is 77.5 Å². The summed E-state index contributed by atoms with van der Waals surface area (Å²) in [5, 5.41) is 10.5. The van der Waals surface area contributed by atoms with Crippen molar-refractivity contribution in [1.29, 1.82) is 0 Å². The fraction of sp³-hybridized carbons (Fsp3) is 0.500. The van der Waals surface area contributed by atoms with E-state index >= 15 is 0 Å². The van der Waals surface area contributed by atoms with Gasteiger partial charge in [0, 0.05) is 0 Å². The standard InChI is InChI=1S/C10H15N5O13P2S/c11-8-5-9(13-2-12-8)15(3-14-5)10-6(16)7(27-29(17,18)19)4(26-10)1-25-31(23,24)28-30(20,21)22/h2-4,6-7,10,16H,1H2,(H2,11,12,13)(H2,17,18,19)(H2,20,21,22)/t4-,6-,7-,10-/m1/s1. The molecule has 18 nitrogen and oxygen atoms in total. The Bertz CT molecular complexity index is 1160. The summed E-state index contributed by atoms with van der Waals surface area (Å²) >= 11 is 0. The molecule has 1 fully saturated rings. The topological polar surface area (TPSA) is 276 Å². The summed E-state index contributed by atoms with van der Waals surface area (Å²) in [6.07, 6.45) is -4.61. The number of hydrogen-bond acceptors (Lipinski definition) is 13. The summed E-state index contributed by atoms with van der Waals surface area (Å²) < 4.78 is 63.7. The minimum absolute atomic E-state index is 0.0141. The lowest BCUT2D eigenvalue weighted by Gasteiger charge is -2.20. The summed E-state index contributed by atoms with van der Waals surface area (Å²) in [6, 6.07) is 0. The normalized spacial score (nSPS) is 25.3. The van der Waals surface area contributed by atoms with Crippen LogP contribution in [0, 0.1) is 0 Å². The molecule has 0 aliphatic carbocycles. The Morgan fingerprint density at radius 1 is 1.16 bits per heavy atom. The highest BCUT2D eigenvalue weighted by Gasteiger charge is 2.49. The minimum atomic E-state index is -5.49. The van der Waals surface area contributed by atoms with Crippen molar-refractivity contribution in [2.24, 2.45) is 0 Å². The van der Waals surface area contributed by atoms with Gasteiger partial charge in [0.15, 0.2) is 17.7 Å². The van der Waals surface area contributed by atoms with Crippen LogP contribution in [0.2, 0.25) is 0 Å². The molecule has 1 aliphatic rings. The number of aromatic nitrogens is 4. The predicted molar refractivity (Wildman–Crippen MR) is 94.6 cm³/mol. The first kappa shape index (κ1) is 24.1. The molecule has 0 radical (unpaired) electrons. The molecule has 0 saturated carbocycles. The van der Waals surface area contributed by atoms with Gasteiger partial charge in [0.1, 0.15) is 30.2 Å². The number of ether oxygens (including phenoxy) is 1. The first-order valence-electron chi connectivity index (χ1n) is 7.83. The molecule has 31 heavy (non-hydrogen) atoms. The van der Waals surface area contributed by atoms with Crippen LogP contribution in [0.15, 0.2) is 12.7 Å². The second kappa shape index (κ2) is 8.39. The summed E-state index contributed by atoms with van der Waals surface area (Å²) in [5.74, 6) is -0.0141. The Balaban J connectivity index is 1.88. The SMILES string of the molecule is Nc1ncnc2c1ncn2[C@@H]1O[C@H](COS(=O)(=O)OP(=O)(O)O)[C@@H](OP(=O)(O)O)[C@H]1O. The summed E-state index contributed by atoms with van der Waals surface area (Å²) in [6.45, 7) is -1.11. The molecule has 7 N–H and O–H groups in total. The fourth-order valence-corrected chi connectivity index (χ4v) is 4.72. The lowest BCUT2D eigenvalue weighted by atomic mass is 10.1. The van der Waals surface area contributed by atoms with Gasteiger partial charge in [-0.15, -0.1) is 3.97 Å². The van der Waals surface area contributed by atoms with Gasteiger partial charge in [0.2, 0.25) is 0 Å². The van der Waals surface area contributed by atoms with E-state index in [0.717, 1.165) is 17.2 Å². The monoisotopic (exact) mass is 507 g/mol. The first-order chi connectivity index (χ1) is 14.2. The largest absolute Gasteiger partial charge is 0.486 e. The van der Waals surface area contributed by atoms with Gasteiger partial charge < -0.3 is 35.2 Å². The minimum Gasteiger partial charge on any atom is -0.386 e. The molecule has 3 heterocycles. The molecule has 0 spiro atoms. The number of nitrogens with zero attached hydrogens (tertiary/aromatic N) is 4. The molecule has 174 valence electrons. The van der Waals surface area contributed by atoms with Crippen LogP contribution in [-0.2, 0) is 36.9 Å². The lowest BCUT2D eigenvalue weighted by Crippen LogP contribution is -2.36. The maximum atomic E-state index is 11.5. The quantitative estimate of drug-likeness (QED) is 0.202. The average Bonchev–Trinajstić information content (AvgIpc) is 3.13. The van der Waals surface area contributed by atoms with Crippen LogP contribution >= 0.6 is 15.6 Å². The molecule has 21 heteroatoms. The Morgan fingerprint density at radius 2 is 1.84 bits per heavy atom. The van der Waals surface area contributed by atoms with Gasteiger partial charge in [-0.3, -0.25) is 9.09 Å². The van der Waals surface area contributed by atoms with E-state index in [0.29, 0.717) is 0 Å². The van der Waals surface area contributed by atoms with Crippen molar-refractivity contribution in [1.82, 2.24) is 19.5 Å². The number of aliphatic hydroxyl groups is 1. The van der Waals surface area contributed by atoms with Crippen molar-refractivity contribution in [2.75, 3.05) is 12.3 Å². The second-order valence-electron chi connectivity index (χ2n) is 5.96. The van der Waals surface area contributed by atoms with E-state index in [2.05, 4.69) is 27.6 Å². The predicted octanol–water partition coefficient (Wildman–Crippen LogP) is -2.48. The third-order valence-corrected chi connectivity index (χ3v) is 6.24. The van der Waals surface area contributed by atoms with Crippen molar-refractivity contribution in [2.45, 2.75) is 24.5 Å². The van der Waals surface area contributed by atoms with Gasteiger partial charge in [0.25, 0.3) is 0 Å². The highest BCUT2D eigenvalue weighted by molar-refractivity contribution is 7.86. The summed E-state index contributed by atoms with van der Waals surface area (Å²) in [7, 11) is -16.0. The molecule has 1 aliphatic heterocycles. The van der Waals surface area contributed by atoms with Crippen molar-refractivity contribution in [3.8, 4) is 0 Å². The third kappa shape index (κ3) is 5.80. The number of aliphatic hydroxyl groups excluding tert-OH is 1. The molecule has 2 aromatic heterocycles. The maximum absolute atomic E-state index is 11.5. The molecular formula is C10H15N5O13P2S. The number of hydrogen-bond donors (Lipinski definition) is 6. The number of imidazole rings is 1. The van der Waals surface area contributed by atoms with E-state index < -0.39 is 57.2 Å². The van der Waals surface area contributed by atoms with Crippen molar-refractivity contribution in [3.05, 3.63) is 12.7 Å². The molecule has 0 bridgehead atoms. The highest BCUT2D eigenvalue weighted by atomic mass is 32.3. The van der Waals surface area contributed by atoms with Gasteiger partial charge in [-0.25, -0.2) is 28.3 Å². The van der Waals surface area contributed by atoms with Crippen LogP contribution in [0.25, 0.3) is 11.2 Å². The zero-order valence-corrected chi connectivity index (χ0v) is 17.4. The second-order valence-corrected chi connectivity index (χ2v) is 9.78. The zero-order chi connectivity index (χ0) is 23.2. The number of phosphoric acid groups is 2. The van der Waals surface area contributed by atoms with Crippen LogP contribution in [0.4, 0.5) is 5.82 Å². The van der Waals surface area contributed by atoms with Gasteiger partial charge >= 0.3 is 26.0 Å². The number of nitrogens with two attached hydrogens (primary N) is 1. The van der Waals surface area contributed by atoms with Gasteiger partial charge in [-0.1, -0.05) is 0 Å². The summed E-state index contributed by atoms with van der Waals surface area (Å²) in [4.78, 5) is 46.9. The number of fused-ring (bicyclic) bond motifs is 1. The van der Waals surface area contributed by atoms with Crippen LogP contribution in [0.3, 0.4) is 0 Å². The van der Waals surface area contributed by atoms with E-state index in [1.165, 1.54) is 0 Å². The average molecular weight is 507 g/mol. The Morgan fingerprint density at radius 3 is 2.45 bits per heavy atom. The van der Waals surface area contributed by atoms with Gasteiger partial charge in [-0.2, -0.15) is 8.42 Å². The lowest BCUT2D eigenvalue weighted by molar-refractivity contribution is -0.0476. The number of nitrogen functional groups attached to an aromatic ring is 1. The van der Waals surface area contributed by atoms with Crippen molar-refractivity contribution in [3.63, 3.8) is 0 Å². The number of phosphoric ester groups is 1. The van der Waals surface area contributed by atoms with Crippen molar-refractivity contribution < 1.29 is 59.6 Å². The molecule has 2 aromatic rings. The van der Waals surface area contributed by atoms with Gasteiger partial charge in [0.05, 0.1) is 12.9 Å². The van der Waals surface area contributed by atoms with Crippen LogP contribution in [0.1, 0.15) is 6.23 Å². The Hall–Kier alpha value is -1.60. The Kier molecular flexibility index (Phi) is 6.51. The third-order valence-electron chi connectivity index (χ3n) is 3.79. The number of anilines is 1. The zero-order valence-electron chi connectivity index (χ0n) is 14.8. The molecule has 4 atom stereocenters. The van der Waals surface area contributed by atoms with E-state index in [9.17, 15) is 22.7 Å². The molecule has 0 aromatic carbocycles. The first-order valence-corrected chi connectivity index (χ1v) is 12.2. The molecule has 0 unspecified atom stereocenters. The van der Waals surface area contributed by atoms with E-state index in [-0.39, 0.29) is 17.0 Å². The number of rotatable bonds is 8. The molecule has 1 saturated heterocycles. The summed E-state index contributed by atoms with van der Waals surface area (Å²) in [5.41, 5.74) is 5.84. The molecule has 0 amide bonds. The van der Waals surface area contributed by atoms with E-state index in [4.69, 9.17) is 30.0 Å². The van der Waals surface area contributed by atoms with E-state index in [1.54, 1.807) is 0 Å². The molecule has 3 rings (SSSR count). The smallest absolute Gasteiger partial charge is 0.386 e. The highest BCUT2D eigenvalue weighted by Crippen LogP contribution is 2.44. The Labute approximate surface area is 172 Å². The van der Waals surface area contributed by atoms with E-state index in [1.807, 2.05) is 0 Å². The van der Waals surface area contributed by atoms with Crippen LogP contribution < -0.4 is 5.73 Å². The van der Waals surface area contributed by atoms with Crippen LogP contribution in [0.5, 0.6) is 0 Å². The van der Waals surface area contributed by atoms with Crippen molar-refractivity contribution >= 4 is 43.0 Å². The van der Waals surface area contributed by atoms with Gasteiger partial charge in [-0.05, 0) is 0 Å². The fourth-order valence-electron chi connectivity index (χ4n) is 2.72. The maximum Gasteiger partial charge on any atom is 0.486 e. The molecular weight excluding hydrogens is 492 g/mol.